The highest BCUT2D eigenvalue weighted by molar-refractivity contribution is 5.70. The van der Waals surface area contributed by atoms with E-state index in [2.05, 4.69) is 10.3 Å². The maximum Gasteiger partial charge on any atom is 0.417 e. The van der Waals surface area contributed by atoms with Crippen LogP contribution in [0.2, 0.25) is 0 Å². The van der Waals surface area contributed by atoms with Gasteiger partial charge in [0.2, 0.25) is 0 Å². The highest BCUT2D eigenvalue weighted by Crippen LogP contribution is 2.40. The summed E-state index contributed by atoms with van der Waals surface area (Å²) in [6.07, 6.45) is -0.621. The van der Waals surface area contributed by atoms with Gasteiger partial charge in [-0.2, -0.15) is 13.2 Å². The number of rotatable bonds is 4. The second-order valence-electron chi connectivity index (χ2n) is 6.89. The molecule has 1 N–H and O–H groups in total. The van der Waals surface area contributed by atoms with Gasteiger partial charge in [0.25, 0.3) is 0 Å². The third kappa shape index (κ3) is 3.72. The van der Waals surface area contributed by atoms with E-state index in [0.717, 1.165) is 24.0 Å². The average molecular weight is 386 g/mol. The maximum atomic E-state index is 13.7. The first-order valence-corrected chi connectivity index (χ1v) is 9.08. The number of benzene rings is 2. The summed E-state index contributed by atoms with van der Waals surface area (Å²) in [5, 5.41) is 2.99. The van der Waals surface area contributed by atoms with Crippen molar-refractivity contribution >= 4 is 5.82 Å². The first kappa shape index (κ1) is 18.5. The Labute approximate surface area is 160 Å². The summed E-state index contributed by atoms with van der Waals surface area (Å²) < 4.78 is 54.4. The zero-order valence-electron chi connectivity index (χ0n) is 15.0. The molecule has 4 rings (SSSR count). The molecule has 0 saturated heterocycles. The molecule has 2 nitrogen and oxygen atoms in total. The van der Waals surface area contributed by atoms with Gasteiger partial charge in [-0.3, -0.25) is 0 Å². The summed E-state index contributed by atoms with van der Waals surface area (Å²) in [4.78, 5) is 4.22. The molecule has 0 radical (unpaired) electrons. The fraction of sp³-hybridized carbons (Fsp3) is 0.227. The van der Waals surface area contributed by atoms with Crippen LogP contribution >= 0.6 is 0 Å². The summed E-state index contributed by atoms with van der Waals surface area (Å²) >= 11 is 0. The lowest BCUT2D eigenvalue weighted by Gasteiger charge is -2.16. The number of hydrogen-bond acceptors (Lipinski definition) is 2. The summed E-state index contributed by atoms with van der Waals surface area (Å²) in [6.45, 7) is 0.242. The van der Waals surface area contributed by atoms with E-state index in [0.29, 0.717) is 23.4 Å². The van der Waals surface area contributed by atoms with Crippen LogP contribution in [-0.2, 0) is 25.6 Å². The Balaban J connectivity index is 1.60. The number of nitrogens with one attached hydrogen (secondary N) is 1. The molecule has 2 aromatic carbocycles. The molecule has 144 valence electrons. The lowest BCUT2D eigenvalue weighted by atomic mass is 9.95. The molecule has 0 amide bonds. The van der Waals surface area contributed by atoms with E-state index in [1.165, 1.54) is 18.3 Å². The normalized spacial score (nSPS) is 13.4. The van der Waals surface area contributed by atoms with Gasteiger partial charge in [0, 0.05) is 23.9 Å². The number of halogens is 4. The lowest BCUT2D eigenvalue weighted by molar-refractivity contribution is -0.137. The lowest BCUT2D eigenvalue weighted by Crippen LogP contribution is -2.09. The Morgan fingerprint density at radius 3 is 2.39 bits per heavy atom. The van der Waals surface area contributed by atoms with Crippen molar-refractivity contribution in [3.63, 3.8) is 0 Å². The van der Waals surface area contributed by atoms with Gasteiger partial charge in [-0.25, -0.2) is 9.37 Å². The number of hydrogen-bond donors (Lipinski definition) is 1. The van der Waals surface area contributed by atoms with Gasteiger partial charge in [0.05, 0.1) is 5.56 Å². The van der Waals surface area contributed by atoms with Crippen molar-refractivity contribution in [3.05, 3.63) is 82.8 Å². The third-order valence-electron chi connectivity index (χ3n) is 5.03. The highest BCUT2D eigenvalue weighted by Gasteiger charge is 2.35. The number of aromatic nitrogens is 1. The quantitative estimate of drug-likeness (QED) is 0.556. The Hall–Kier alpha value is -2.89. The van der Waals surface area contributed by atoms with E-state index in [-0.39, 0.29) is 17.9 Å². The van der Waals surface area contributed by atoms with Crippen molar-refractivity contribution in [2.45, 2.75) is 32.0 Å². The molecule has 1 heterocycles. The monoisotopic (exact) mass is 386 g/mol. The Morgan fingerprint density at radius 1 is 0.964 bits per heavy atom. The number of nitrogens with zero attached hydrogens (tertiary/aromatic N) is 1. The van der Waals surface area contributed by atoms with E-state index in [1.807, 2.05) is 0 Å². The zero-order valence-corrected chi connectivity index (χ0v) is 15.0. The second-order valence-corrected chi connectivity index (χ2v) is 6.89. The predicted octanol–water partition coefficient (Wildman–Crippen LogP) is 6.01. The predicted molar refractivity (Wildman–Crippen MR) is 100 cm³/mol. The van der Waals surface area contributed by atoms with Crippen LogP contribution in [0.3, 0.4) is 0 Å². The van der Waals surface area contributed by atoms with Crippen LogP contribution < -0.4 is 5.32 Å². The van der Waals surface area contributed by atoms with Gasteiger partial charge in [-0.1, -0.05) is 24.3 Å². The Kier molecular flexibility index (Phi) is 4.79. The van der Waals surface area contributed by atoms with Crippen LogP contribution in [0, 0.1) is 5.82 Å². The molecule has 0 spiro atoms. The molecule has 1 aliphatic carbocycles. The van der Waals surface area contributed by atoms with Crippen LogP contribution in [0.4, 0.5) is 23.4 Å². The molecular formula is C22H18F4N2. The molecule has 6 heteroatoms. The number of anilines is 1. The molecule has 0 fully saturated rings. The number of aryl methyl sites for hydroxylation is 2. The van der Waals surface area contributed by atoms with Gasteiger partial charge in [0.1, 0.15) is 11.6 Å². The van der Waals surface area contributed by atoms with Crippen molar-refractivity contribution in [1.29, 1.82) is 0 Å². The topological polar surface area (TPSA) is 24.9 Å². The smallest absolute Gasteiger partial charge is 0.366 e. The van der Waals surface area contributed by atoms with E-state index in [1.54, 1.807) is 36.4 Å². The largest absolute Gasteiger partial charge is 0.417 e. The van der Waals surface area contributed by atoms with Gasteiger partial charge >= 0.3 is 6.18 Å². The minimum absolute atomic E-state index is 0.154. The summed E-state index contributed by atoms with van der Waals surface area (Å²) in [5.74, 6) is 0.154. The molecule has 0 atom stereocenters. The Bertz CT molecular complexity index is 994. The fourth-order valence-corrected chi connectivity index (χ4v) is 3.58. The molecule has 0 bridgehead atoms. The summed E-state index contributed by atoms with van der Waals surface area (Å²) in [7, 11) is 0. The molecular weight excluding hydrogens is 368 g/mol. The average Bonchev–Trinajstić information content (AvgIpc) is 3.14. The van der Waals surface area contributed by atoms with E-state index in [4.69, 9.17) is 0 Å². The van der Waals surface area contributed by atoms with Crippen LogP contribution in [0.25, 0.3) is 11.1 Å². The van der Waals surface area contributed by atoms with Gasteiger partial charge < -0.3 is 5.32 Å². The molecule has 1 aromatic heterocycles. The molecule has 3 aromatic rings. The SMILES string of the molecule is Fc1ccccc1CNc1ccc(-c2cc3c(cc2C(F)(F)F)CCC3)cn1. The molecule has 1 aliphatic rings. The minimum Gasteiger partial charge on any atom is -0.366 e. The van der Waals surface area contributed by atoms with E-state index in [9.17, 15) is 17.6 Å². The summed E-state index contributed by atoms with van der Waals surface area (Å²) in [6, 6.07) is 12.5. The van der Waals surface area contributed by atoms with E-state index >= 15 is 0 Å². The van der Waals surface area contributed by atoms with Crippen LogP contribution in [-0.4, -0.2) is 4.98 Å². The van der Waals surface area contributed by atoms with Gasteiger partial charge in [0.15, 0.2) is 0 Å². The van der Waals surface area contributed by atoms with Crippen molar-refractivity contribution in [1.82, 2.24) is 4.98 Å². The number of pyridine rings is 1. The molecule has 0 unspecified atom stereocenters. The summed E-state index contributed by atoms with van der Waals surface area (Å²) in [5.41, 5.74) is 2.20. The van der Waals surface area contributed by atoms with Crippen molar-refractivity contribution < 1.29 is 17.6 Å². The van der Waals surface area contributed by atoms with Crippen LogP contribution in [0.1, 0.15) is 28.7 Å². The van der Waals surface area contributed by atoms with Crippen molar-refractivity contribution in [2.75, 3.05) is 5.32 Å². The molecule has 0 saturated carbocycles. The standard InChI is InChI=1S/C22H18F4N2/c23-20-7-2-1-4-17(20)13-28-21-9-8-16(12-27-21)18-10-14-5-3-6-15(14)11-19(18)22(24,25)26/h1-2,4,7-12H,3,5-6,13H2,(H,27,28). The van der Waals surface area contributed by atoms with Crippen molar-refractivity contribution in [2.24, 2.45) is 0 Å². The van der Waals surface area contributed by atoms with Gasteiger partial charge in [-0.15, -0.1) is 0 Å². The minimum atomic E-state index is -4.42. The third-order valence-corrected chi connectivity index (χ3v) is 5.03. The first-order valence-electron chi connectivity index (χ1n) is 9.08. The first-order chi connectivity index (χ1) is 13.4. The molecule has 28 heavy (non-hydrogen) atoms. The fourth-order valence-electron chi connectivity index (χ4n) is 3.58. The molecule has 0 aliphatic heterocycles. The zero-order chi connectivity index (χ0) is 19.7. The van der Waals surface area contributed by atoms with Crippen LogP contribution in [0.5, 0.6) is 0 Å². The van der Waals surface area contributed by atoms with Crippen LogP contribution in [0.15, 0.2) is 54.7 Å². The Morgan fingerprint density at radius 2 is 1.71 bits per heavy atom. The van der Waals surface area contributed by atoms with E-state index < -0.39 is 11.7 Å². The van der Waals surface area contributed by atoms with Crippen molar-refractivity contribution in [3.8, 4) is 11.1 Å². The highest BCUT2D eigenvalue weighted by atomic mass is 19.4. The number of fused-ring (bicyclic) bond motifs is 1. The number of alkyl halides is 3. The van der Waals surface area contributed by atoms with Gasteiger partial charge in [-0.05, 0) is 60.2 Å². The second kappa shape index (κ2) is 7.26. The maximum absolute atomic E-state index is 13.7.